The van der Waals surface area contributed by atoms with Gasteiger partial charge >= 0.3 is 0 Å². The van der Waals surface area contributed by atoms with Gasteiger partial charge in [-0.25, -0.2) is 4.98 Å². The van der Waals surface area contributed by atoms with Gasteiger partial charge < -0.3 is 11.5 Å². The molecule has 0 bridgehead atoms. The average molecular weight is 317 g/mol. The van der Waals surface area contributed by atoms with Crippen molar-refractivity contribution in [3.05, 3.63) is 66.7 Å². The molecule has 0 saturated carbocycles. The first-order valence-corrected chi connectivity index (χ1v) is 8.08. The molecule has 4 nitrogen and oxygen atoms in total. The van der Waals surface area contributed by atoms with E-state index in [0.717, 1.165) is 27.8 Å². The number of hydrogen-bond acceptors (Lipinski definition) is 3. The van der Waals surface area contributed by atoms with Crippen molar-refractivity contribution in [3.8, 4) is 5.69 Å². The maximum atomic E-state index is 5.98. The molecule has 0 aliphatic carbocycles. The highest BCUT2D eigenvalue weighted by molar-refractivity contribution is 5.85. The summed E-state index contributed by atoms with van der Waals surface area (Å²) in [5, 5.41) is 0. The molecule has 120 valence electrons. The van der Waals surface area contributed by atoms with Crippen LogP contribution in [0.2, 0.25) is 0 Å². The molecule has 4 N–H and O–H groups in total. The molecular weight excluding hydrogens is 296 g/mol. The van der Waals surface area contributed by atoms with Gasteiger partial charge in [0.2, 0.25) is 16.7 Å². The number of fused-ring (bicyclic) bond motifs is 2. The lowest BCUT2D eigenvalue weighted by molar-refractivity contribution is -0.538. The van der Waals surface area contributed by atoms with Crippen LogP contribution < -0.4 is 16.0 Å². The molecule has 0 amide bonds. The minimum absolute atomic E-state index is 0.710. The highest BCUT2D eigenvalue weighted by Crippen LogP contribution is 2.20. The lowest BCUT2D eigenvalue weighted by Gasteiger charge is -2.06. The van der Waals surface area contributed by atoms with Crippen molar-refractivity contribution in [2.45, 2.75) is 13.8 Å². The van der Waals surface area contributed by atoms with Crippen molar-refractivity contribution in [2.24, 2.45) is 0 Å². The van der Waals surface area contributed by atoms with Crippen LogP contribution in [0, 0.1) is 0 Å². The van der Waals surface area contributed by atoms with Crippen LogP contribution in [0.3, 0.4) is 0 Å². The molecule has 0 radical (unpaired) electrons. The van der Waals surface area contributed by atoms with Crippen molar-refractivity contribution in [1.82, 2.24) is 4.98 Å². The SMILES string of the molecule is CC.Nc1ccc2nc3ccc(N)cc3[n+](-c3ccccc3)c2c1. The van der Waals surface area contributed by atoms with Gasteiger partial charge in [0, 0.05) is 35.6 Å². The molecule has 4 aromatic rings. The van der Waals surface area contributed by atoms with Crippen molar-refractivity contribution in [3.63, 3.8) is 0 Å². The van der Waals surface area contributed by atoms with Gasteiger partial charge in [-0.2, -0.15) is 0 Å². The smallest absolute Gasteiger partial charge is 0.239 e. The monoisotopic (exact) mass is 317 g/mol. The number of para-hydroxylation sites is 1. The molecular formula is C20H21N4+. The molecule has 4 rings (SSSR count). The van der Waals surface area contributed by atoms with E-state index >= 15 is 0 Å². The molecule has 24 heavy (non-hydrogen) atoms. The molecule has 0 fully saturated rings. The first-order chi connectivity index (χ1) is 11.7. The van der Waals surface area contributed by atoms with Crippen molar-refractivity contribution in [2.75, 3.05) is 11.5 Å². The van der Waals surface area contributed by atoms with Crippen molar-refractivity contribution < 1.29 is 4.57 Å². The number of aromatic nitrogens is 2. The van der Waals surface area contributed by atoms with E-state index in [2.05, 4.69) is 16.7 Å². The van der Waals surface area contributed by atoms with Crippen LogP contribution in [0.5, 0.6) is 0 Å². The van der Waals surface area contributed by atoms with Crippen LogP contribution in [-0.2, 0) is 0 Å². The Labute approximate surface area is 141 Å². The maximum Gasteiger partial charge on any atom is 0.239 e. The highest BCUT2D eigenvalue weighted by Gasteiger charge is 2.19. The summed E-state index contributed by atoms with van der Waals surface area (Å²) in [4.78, 5) is 4.71. The third-order valence-electron chi connectivity index (χ3n) is 3.74. The molecule has 0 spiro atoms. The second-order valence-corrected chi connectivity index (χ2v) is 5.28. The van der Waals surface area contributed by atoms with Gasteiger partial charge in [-0.15, -0.1) is 4.57 Å². The number of benzene rings is 3. The zero-order valence-electron chi connectivity index (χ0n) is 13.9. The van der Waals surface area contributed by atoms with Crippen LogP contribution in [-0.4, -0.2) is 4.98 Å². The average Bonchev–Trinajstić information content (AvgIpc) is 2.62. The van der Waals surface area contributed by atoms with E-state index in [9.17, 15) is 0 Å². The molecule has 0 aliphatic rings. The fourth-order valence-corrected chi connectivity index (χ4v) is 2.74. The topological polar surface area (TPSA) is 68.8 Å². The van der Waals surface area contributed by atoms with E-state index in [0.29, 0.717) is 11.4 Å². The van der Waals surface area contributed by atoms with Gasteiger partial charge in [-0.3, -0.25) is 0 Å². The van der Waals surface area contributed by atoms with Crippen LogP contribution in [0.4, 0.5) is 11.4 Å². The predicted octanol–water partition coefficient (Wildman–Crippen LogP) is 3.86. The van der Waals surface area contributed by atoms with E-state index in [4.69, 9.17) is 16.5 Å². The first kappa shape index (κ1) is 15.7. The lowest BCUT2D eigenvalue weighted by atomic mass is 10.2. The van der Waals surface area contributed by atoms with E-state index < -0.39 is 0 Å². The fourth-order valence-electron chi connectivity index (χ4n) is 2.74. The second kappa shape index (κ2) is 6.54. The number of nitrogen functional groups attached to an aromatic ring is 2. The zero-order chi connectivity index (χ0) is 17.1. The van der Waals surface area contributed by atoms with E-state index in [1.54, 1.807) is 0 Å². The van der Waals surface area contributed by atoms with Crippen LogP contribution in [0.25, 0.3) is 27.8 Å². The Bertz CT molecular complexity index is 934. The first-order valence-electron chi connectivity index (χ1n) is 8.08. The Morgan fingerprint density at radius 3 is 1.71 bits per heavy atom. The normalized spacial score (nSPS) is 10.4. The minimum atomic E-state index is 0.710. The van der Waals surface area contributed by atoms with Crippen LogP contribution in [0.1, 0.15) is 13.8 Å². The minimum Gasteiger partial charge on any atom is -0.399 e. The number of nitrogens with two attached hydrogens (primary N) is 2. The fraction of sp³-hybridized carbons (Fsp3) is 0.100. The molecule has 0 saturated heterocycles. The predicted molar refractivity (Wildman–Crippen MR) is 101 cm³/mol. The summed E-state index contributed by atoms with van der Waals surface area (Å²) in [7, 11) is 0. The summed E-state index contributed by atoms with van der Waals surface area (Å²) in [5.74, 6) is 0. The third kappa shape index (κ3) is 2.74. The summed E-state index contributed by atoms with van der Waals surface area (Å²) in [6.07, 6.45) is 0. The van der Waals surface area contributed by atoms with Gasteiger partial charge in [-0.05, 0) is 24.3 Å². The van der Waals surface area contributed by atoms with Crippen molar-refractivity contribution >= 4 is 33.4 Å². The van der Waals surface area contributed by atoms with E-state index in [1.165, 1.54) is 0 Å². The summed E-state index contributed by atoms with van der Waals surface area (Å²) >= 11 is 0. The molecule has 1 aromatic heterocycles. The number of rotatable bonds is 1. The number of anilines is 2. The number of nitrogens with zero attached hydrogens (tertiary/aromatic N) is 2. The van der Waals surface area contributed by atoms with Gasteiger partial charge in [0.25, 0.3) is 0 Å². The molecule has 0 unspecified atom stereocenters. The van der Waals surface area contributed by atoms with Crippen LogP contribution >= 0.6 is 0 Å². The quantitative estimate of drug-likeness (QED) is 0.318. The second-order valence-electron chi connectivity index (χ2n) is 5.28. The Balaban J connectivity index is 0.000000815. The van der Waals surface area contributed by atoms with Gasteiger partial charge in [0.1, 0.15) is 11.0 Å². The lowest BCUT2D eigenvalue weighted by Crippen LogP contribution is -2.33. The Hall–Kier alpha value is -3.14. The van der Waals surface area contributed by atoms with Gasteiger partial charge in [0.15, 0.2) is 0 Å². The molecule has 4 heteroatoms. The Kier molecular flexibility index (Phi) is 4.29. The largest absolute Gasteiger partial charge is 0.399 e. The summed E-state index contributed by atoms with van der Waals surface area (Å²) in [5.41, 5.74) is 18.2. The van der Waals surface area contributed by atoms with E-state index in [-0.39, 0.29) is 0 Å². The number of hydrogen-bond donors (Lipinski definition) is 2. The highest BCUT2D eigenvalue weighted by atomic mass is 15.0. The summed E-state index contributed by atoms with van der Waals surface area (Å²) in [6, 6.07) is 21.7. The van der Waals surface area contributed by atoms with E-state index in [1.807, 2.05) is 68.4 Å². The molecule has 1 heterocycles. The van der Waals surface area contributed by atoms with Crippen molar-refractivity contribution in [1.29, 1.82) is 0 Å². The standard InChI is InChI=1S/C18H14N4.C2H6/c19-12-6-8-15-17(10-12)22(14-4-2-1-3-5-14)18-11-13(20)7-9-16(18)21-15;1-2/h1-11H,(H3,19,20);1-2H3/p+1. The molecule has 0 atom stereocenters. The Morgan fingerprint density at radius 2 is 1.21 bits per heavy atom. The maximum absolute atomic E-state index is 5.98. The third-order valence-corrected chi connectivity index (χ3v) is 3.74. The van der Waals surface area contributed by atoms with Gasteiger partial charge in [-0.1, -0.05) is 32.0 Å². The van der Waals surface area contributed by atoms with Crippen LogP contribution in [0.15, 0.2) is 66.7 Å². The van der Waals surface area contributed by atoms with Gasteiger partial charge in [0.05, 0.1) is 0 Å². The summed E-state index contributed by atoms with van der Waals surface area (Å²) < 4.78 is 2.14. The molecule has 0 aliphatic heterocycles. The summed E-state index contributed by atoms with van der Waals surface area (Å²) in [6.45, 7) is 4.00. The molecule has 3 aromatic carbocycles. The Morgan fingerprint density at radius 1 is 0.708 bits per heavy atom. The zero-order valence-corrected chi connectivity index (χ0v) is 13.9.